The molecule has 1 aliphatic rings. The maximum absolute atomic E-state index is 12.4. The number of hydrogen-bond donors (Lipinski definition) is 0. The van der Waals surface area contributed by atoms with E-state index in [0.717, 1.165) is 22.7 Å². The number of carbonyl (C=O) groups excluding carboxylic acids is 1. The summed E-state index contributed by atoms with van der Waals surface area (Å²) in [6, 6.07) is 3.77. The fourth-order valence-corrected chi connectivity index (χ4v) is 2.94. The van der Waals surface area contributed by atoms with Crippen molar-refractivity contribution in [1.82, 2.24) is 19.8 Å². The fraction of sp³-hybridized carbons (Fsp3) is 0.412. The Bertz CT molecular complexity index is 801. The van der Waals surface area contributed by atoms with Crippen molar-refractivity contribution in [1.29, 1.82) is 0 Å². The van der Waals surface area contributed by atoms with Gasteiger partial charge in [-0.05, 0) is 39.2 Å². The average molecular weight is 359 g/mol. The highest BCUT2D eigenvalue weighted by Gasteiger charge is 2.40. The molecule has 8 heteroatoms. The molecule has 0 N–H and O–H groups in total. The van der Waals surface area contributed by atoms with Crippen LogP contribution in [0.5, 0.6) is 0 Å². The number of aryl methyl sites for hydroxylation is 1. The summed E-state index contributed by atoms with van der Waals surface area (Å²) < 4.78 is 7.69. The molecule has 7 nitrogen and oxygen atoms in total. The molecular weight excluding hydrogens is 338 g/mol. The van der Waals surface area contributed by atoms with Gasteiger partial charge in [0.05, 0.1) is 23.1 Å². The number of rotatable bonds is 5. The molecule has 0 aliphatic carbocycles. The molecule has 0 unspecified atom stereocenters. The topological polar surface area (TPSA) is 72.6 Å². The summed E-state index contributed by atoms with van der Waals surface area (Å²) in [5, 5.41) is 10.4. The lowest BCUT2D eigenvalue weighted by atomic mass is 10.2. The van der Waals surface area contributed by atoms with Crippen LogP contribution in [-0.4, -0.2) is 49.3 Å². The van der Waals surface area contributed by atoms with Crippen LogP contribution >= 0.6 is 11.8 Å². The van der Waals surface area contributed by atoms with Crippen LogP contribution in [0.3, 0.4) is 0 Å². The maximum atomic E-state index is 12.4. The molecule has 0 aromatic carbocycles. The maximum Gasteiger partial charge on any atom is 0.247 e. The Morgan fingerprint density at radius 3 is 2.88 bits per heavy atom. The SMILES string of the molecule is CSCCC(=O)N1N=C(c2cn(-c3cccnc3)nc2C)OC1(C)C. The Hall–Kier alpha value is -2.35. The molecule has 2 aromatic heterocycles. The molecule has 0 saturated heterocycles. The van der Waals surface area contributed by atoms with Crippen LogP contribution in [0.15, 0.2) is 35.8 Å². The van der Waals surface area contributed by atoms with E-state index >= 15 is 0 Å². The summed E-state index contributed by atoms with van der Waals surface area (Å²) in [7, 11) is 0. The fourth-order valence-electron chi connectivity index (χ4n) is 2.56. The lowest BCUT2D eigenvalue weighted by Crippen LogP contribution is -2.42. The van der Waals surface area contributed by atoms with Crippen molar-refractivity contribution in [3.05, 3.63) is 42.0 Å². The molecular formula is C17H21N5O2S. The largest absolute Gasteiger partial charge is 0.448 e. The van der Waals surface area contributed by atoms with Crippen LogP contribution in [-0.2, 0) is 9.53 Å². The van der Waals surface area contributed by atoms with Gasteiger partial charge in [-0.15, -0.1) is 5.10 Å². The molecule has 0 bridgehead atoms. The minimum Gasteiger partial charge on any atom is -0.448 e. The van der Waals surface area contributed by atoms with Gasteiger partial charge in [0.25, 0.3) is 0 Å². The van der Waals surface area contributed by atoms with E-state index in [1.807, 2.05) is 45.4 Å². The quantitative estimate of drug-likeness (QED) is 0.820. The van der Waals surface area contributed by atoms with Gasteiger partial charge in [-0.1, -0.05) is 0 Å². The monoisotopic (exact) mass is 359 g/mol. The minimum atomic E-state index is -0.812. The zero-order chi connectivity index (χ0) is 18.0. The molecule has 0 fully saturated rings. The predicted octanol–water partition coefficient (Wildman–Crippen LogP) is 2.59. The van der Waals surface area contributed by atoms with E-state index in [1.165, 1.54) is 5.01 Å². The molecule has 0 atom stereocenters. The highest BCUT2D eigenvalue weighted by atomic mass is 32.2. The van der Waals surface area contributed by atoms with Gasteiger partial charge in [-0.25, -0.2) is 4.68 Å². The lowest BCUT2D eigenvalue weighted by Gasteiger charge is -2.27. The smallest absolute Gasteiger partial charge is 0.247 e. The van der Waals surface area contributed by atoms with Gasteiger partial charge < -0.3 is 4.74 Å². The first-order valence-corrected chi connectivity index (χ1v) is 9.38. The van der Waals surface area contributed by atoms with Gasteiger partial charge >= 0.3 is 0 Å². The van der Waals surface area contributed by atoms with Gasteiger partial charge in [0.1, 0.15) is 0 Å². The van der Waals surface area contributed by atoms with Gasteiger partial charge in [0.15, 0.2) is 0 Å². The lowest BCUT2D eigenvalue weighted by molar-refractivity contribution is -0.144. The van der Waals surface area contributed by atoms with E-state index in [2.05, 4.69) is 15.2 Å². The molecule has 0 saturated carbocycles. The Kier molecular flexibility index (Phi) is 4.80. The average Bonchev–Trinajstić information content (AvgIpc) is 3.13. The highest BCUT2D eigenvalue weighted by molar-refractivity contribution is 7.98. The molecule has 25 heavy (non-hydrogen) atoms. The van der Waals surface area contributed by atoms with E-state index in [-0.39, 0.29) is 5.91 Å². The van der Waals surface area contributed by atoms with Gasteiger partial charge in [-0.2, -0.15) is 21.9 Å². The second-order valence-electron chi connectivity index (χ2n) is 6.19. The Morgan fingerprint density at radius 1 is 1.40 bits per heavy atom. The molecule has 0 spiro atoms. The second kappa shape index (κ2) is 6.87. The van der Waals surface area contributed by atoms with Gasteiger partial charge in [0.2, 0.25) is 17.5 Å². The Labute approximate surface area is 151 Å². The van der Waals surface area contributed by atoms with Gasteiger partial charge in [0, 0.05) is 24.6 Å². The zero-order valence-corrected chi connectivity index (χ0v) is 15.6. The predicted molar refractivity (Wildman–Crippen MR) is 97.6 cm³/mol. The third kappa shape index (κ3) is 3.53. The van der Waals surface area contributed by atoms with Crippen LogP contribution in [0, 0.1) is 6.92 Å². The van der Waals surface area contributed by atoms with Crippen LogP contribution in [0.25, 0.3) is 5.69 Å². The second-order valence-corrected chi connectivity index (χ2v) is 7.17. The summed E-state index contributed by atoms with van der Waals surface area (Å²) in [5.74, 6) is 1.12. The number of nitrogens with zero attached hydrogens (tertiary/aromatic N) is 5. The molecule has 3 rings (SSSR count). The summed E-state index contributed by atoms with van der Waals surface area (Å²) in [6.45, 7) is 5.56. The number of pyridine rings is 1. The van der Waals surface area contributed by atoms with E-state index in [1.54, 1.807) is 28.8 Å². The van der Waals surface area contributed by atoms with Crippen molar-refractivity contribution in [3.63, 3.8) is 0 Å². The standard InChI is InChI=1S/C17H21N5O2S/c1-12-14(11-21(19-12)13-6-5-8-18-10-13)16-20-22(17(2,3)24-16)15(23)7-9-25-4/h5-6,8,10-11H,7,9H2,1-4H3. The number of ether oxygens (including phenoxy) is 1. The molecule has 1 amide bonds. The van der Waals surface area contributed by atoms with E-state index in [4.69, 9.17) is 4.74 Å². The summed E-state index contributed by atoms with van der Waals surface area (Å²) in [4.78, 5) is 16.5. The van der Waals surface area contributed by atoms with Crippen molar-refractivity contribution in [2.24, 2.45) is 5.10 Å². The molecule has 1 aliphatic heterocycles. The molecule has 2 aromatic rings. The van der Waals surface area contributed by atoms with Crippen molar-refractivity contribution in [2.45, 2.75) is 32.9 Å². The molecule has 0 radical (unpaired) electrons. The summed E-state index contributed by atoms with van der Waals surface area (Å²) in [5.41, 5.74) is 1.57. The van der Waals surface area contributed by atoms with Crippen molar-refractivity contribution in [2.75, 3.05) is 12.0 Å². The summed E-state index contributed by atoms with van der Waals surface area (Å²) in [6.07, 6.45) is 7.70. The Balaban J connectivity index is 1.89. The minimum absolute atomic E-state index is 0.0494. The molecule has 3 heterocycles. The van der Waals surface area contributed by atoms with E-state index in [9.17, 15) is 4.79 Å². The highest BCUT2D eigenvalue weighted by Crippen LogP contribution is 2.28. The number of aromatic nitrogens is 3. The number of hydrogen-bond acceptors (Lipinski definition) is 6. The first kappa shape index (κ1) is 17.5. The van der Waals surface area contributed by atoms with Crippen molar-refractivity contribution < 1.29 is 9.53 Å². The normalized spacial score (nSPS) is 15.8. The van der Waals surface area contributed by atoms with Crippen molar-refractivity contribution in [3.8, 4) is 5.69 Å². The molecule has 132 valence electrons. The number of hydrazone groups is 1. The van der Waals surface area contributed by atoms with Crippen LogP contribution < -0.4 is 0 Å². The zero-order valence-electron chi connectivity index (χ0n) is 14.8. The number of thioether (sulfide) groups is 1. The third-order valence-electron chi connectivity index (χ3n) is 3.84. The van der Waals surface area contributed by atoms with E-state index in [0.29, 0.717) is 12.3 Å². The van der Waals surface area contributed by atoms with Crippen molar-refractivity contribution >= 4 is 23.6 Å². The first-order chi connectivity index (χ1) is 11.9. The third-order valence-corrected chi connectivity index (χ3v) is 4.46. The van der Waals surface area contributed by atoms with Gasteiger partial charge in [-0.3, -0.25) is 9.78 Å². The first-order valence-electron chi connectivity index (χ1n) is 7.99. The Morgan fingerprint density at radius 2 is 2.20 bits per heavy atom. The van der Waals surface area contributed by atoms with Crippen LogP contribution in [0.1, 0.15) is 31.5 Å². The van der Waals surface area contributed by atoms with Crippen LogP contribution in [0.2, 0.25) is 0 Å². The summed E-state index contributed by atoms with van der Waals surface area (Å²) >= 11 is 1.63. The number of carbonyl (C=O) groups is 1. The van der Waals surface area contributed by atoms with E-state index < -0.39 is 5.72 Å². The number of amides is 1. The van der Waals surface area contributed by atoms with Crippen LogP contribution in [0.4, 0.5) is 0 Å².